The van der Waals surface area contributed by atoms with Crippen LogP contribution in [0.15, 0.2) is 48.5 Å². The summed E-state index contributed by atoms with van der Waals surface area (Å²) in [7, 11) is 0. The minimum Gasteiger partial charge on any atom is -0.458 e. The number of nitrogens with zero attached hydrogens (tertiary/aromatic N) is 1. The first-order chi connectivity index (χ1) is 12.1. The van der Waals surface area contributed by atoms with Crippen LogP contribution in [0.2, 0.25) is 0 Å². The maximum atomic E-state index is 12.3. The number of aryl methyl sites for hydroxylation is 1. The lowest BCUT2D eigenvalue weighted by molar-refractivity contribution is 0.0391. The van der Waals surface area contributed by atoms with Crippen LogP contribution >= 0.6 is 0 Å². The van der Waals surface area contributed by atoms with Gasteiger partial charge in [0.05, 0.1) is 5.56 Å². The first-order valence-electron chi connectivity index (χ1n) is 8.85. The van der Waals surface area contributed by atoms with Gasteiger partial charge < -0.3 is 10.1 Å². The standard InChI is InChI=1S/C21H28N2O2/c1-5-23(6-2)20(22-19-14-10-11-16(3)17(19)4)15-25-21(24)18-12-8-7-9-13-18/h7-14,20,22H,5-6,15H2,1-4H3. The lowest BCUT2D eigenvalue weighted by Crippen LogP contribution is -2.44. The third-order valence-electron chi connectivity index (χ3n) is 4.56. The van der Waals surface area contributed by atoms with Gasteiger partial charge in [0.2, 0.25) is 0 Å². The van der Waals surface area contributed by atoms with Crippen molar-refractivity contribution in [3.05, 3.63) is 65.2 Å². The van der Waals surface area contributed by atoms with Crippen molar-refractivity contribution in [2.45, 2.75) is 33.9 Å². The fourth-order valence-corrected chi connectivity index (χ4v) is 2.80. The molecule has 0 aliphatic heterocycles. The Morgan fingerprint density at radius 2 is 1.72 bits per heavy atom. The highest BCUT2D eigenvalue weighted by Gasteiger charge is 2.19. The van der Waals surface area contributed by atoms with E-state index in [0.29, 0.717) is 12.2 Å². The van der Waals surface area contributed by atoms with E-state index in [1.54, 1.807) is 12.1 Å². The Labute approximate surface area is 150 Å². The van der Waals surface area contributed by atoms with Crippen LogP contribution in [0.25, 0.3) is 0 Å². The monoisotopic (exact) mass is 340 g/mol. The second-order valence-corrected chi connectivity index (χ2v) is 6.09. The number of benzene rings is 2. The Morgan fingerprint density at radius 3 is 2.36 bits per heavy atom. The third-order valence-corrected chi connectivity index (χ3v) is 4.56. The molecule has 0 saturated heterocycles. The van der Waals surface area contributed by atoms with Gasteiger partial charge >= 0.3 is 5.97 Å². The first-order valence-corrected chi connectivity index (χ1v) is 8.85. The van der Waals surface area contributed by atoms with Crippen molar-refractivity contribution >= 4 is 11.7 Å². The van der Waals surface area contributed by atoms with Crippen LogP contribution in [0, 0.1) is 13.8 Å². The summed E-state index contributed by atoms with van der Waals surface area (Å²) in [6.07, 6.45) is -0.0665. The molecule has 0 aromatic heterocycles. The molecular weight excluding hydrogens is 312 g/mol. The Hall–Kier alpha value is -2.33. The van der Waals surface area contributed by atoms with E-state index in [1.807, 2.05) is 24.3 Å². The van der Waals surface area contributed by atoms with Crippen LogP contribution in [0.1, 0.15) is 35.3 Å². The summed E-state index contributed by atoms with van der Waals surface area (Å²) in [5, 5.41) is 3.55. The number of rotatable bonds is 8. The van der Waals surface area contributed by atoms with Gasteiger partial charge in [-0.2, -0.15) is 0 Å². The van der Waals surface area contributed by atoms with Gasteiger partial charge in [-0.3, -0.25) is 4.90 Å². The van der Waals surface area contributed by atoms with Crippen molar-refractivity contribution in [2.75, 3.05) is 25.0 Å². The molecule has 2 aromatic carbocycles. The van der Waals surface area contributed by atoms with Crippen molar-refractivity contribution < 1.29 is 9.53 Å². The van der Waals surface area contributed by atoms with Gasteiger partial charge in [0.25, 0.3) is 0 Å². The minimum absolute atomic E-state index is 0.0665. The van der Waals surface area contributed by atoms with E-state index in [-0.39, 0.29) is 12.1 Å². The van der Waals surface area contributed by atoms with Crippen LogP contribution in [0.3, 0.4) is 0 Å². The van der Waals surface area contributed by atoms with E-state index in [1.165, 1.54) is 11.1 Å². The van der Waals surface area contributed by atoms with Gasteiger partial charge in [-0.05, 0) is 56.3 Å². The van der Waals surface area contributed by atoms with E-state index in [4.69, 9.17) is 4.74 Å². The Morgan fingerprint density at radius 1 is 1.04 bits per heavy atom. The van der Waals surface area contributed by atoms with Crippen LogP contribution in [-0.4, -0.2) is 36.7 Å². The fourth-order valence-electron chi connectivity index (χ4n) is 2.80. The van der Waals surface area contributed by atoms with E-state index < -0.39 is 0 Å². The molecule has 0 saturated carbocycles. The van der Waals surface area contributed by atoms with Gasteiger partial charge in [0, 0.05) is 5.69 Å². The molecule has 0 spiro atoms. The van der Waals surface area contributed by atoms with Crippen molar-refractivity contribution in [3.8, 4) is 0 Å². The summed E-state index contributed by atoms with van der Waals surface area (Å²) >= 11 is 0. The molecule has 134 valence electrons. The van der Waals surface area contributed by atoms with Crippen LogP contribution in [-0.2, 0) is 4.74 Å². The summed E-state index contributed by atoms with van der Waals surface area (Å²) in [6, 6.07) is 15.3. The quantitative estimate of drug-likeness (QED) is 0.576. The zero-order chi connectivity index (χ0) is 18.2. The molecule has 4 nitrogen and oxygen atoms in total. The number of esters is 1. The molecule has 1 unspecified atom stereocenters. The summed E-state index contributed by atoms with van der Waals surface area (Å²) in [6.45, 7) is 10.5. The average Bonchev–Trinajstić information content (AvgIpc) is 2.64. The molecule has 2 rings (SSSR count). The highest BCUT2D eigenvalue weighted by atomic mass is 16.5. The van der Waals surface area contributed by atoms with E-state index >= 15 is 0 Å². The molecule has 0 amide bonds. The molecular formula is C21H28N2O2. The molecule has 1 N–H and O–H groups in total. The third kappa shape index (κ3) is 5.07. The van der Waals surface area contributed by atoms with Crippen LogP contribution < -0.4 is 5.32 Å². The Kier molecular flexibility index (Phi) is 7.02. The lowest BCUT2D eigenvalue weighted by atomic mass is 10.1. The number of carbonyl (C=O) groups excluding carboxylic acids is 1. The van der Waals surface area contributed by atoms with Crippen LogP contribution in [0.4, 0.5) is 5.69 Å². The second kappa shape index (κ2) is 9.23. The van der Waals surface area contributed by atoms with Gasteiger partial charge in [0.1, 0.15) is 12.8 Å². The van der Waals surface area contributed by atoms with Crippen molar-refractivity contribution in [3.63, 3.8) is 0 Å². The molecule has 0 fully saturated rings. The first kappa shape index (κ1) is 19.0. The number of carbonyl (C=O) groups is 1. The van der Waals surface area contributed by atoms with Gasteiger partial charge in [-0.15, -0.1) is 0 Å². The fraction of sp³-hybridized carbons (Fsp3) is 0.381. The van der Waals surface area contributed by atoms with Crippen molar-refractivity contribution in [1.82, 2.24) is 4.90 Å². The predicted octanol–water partition coefficient (Wildman–Crippen LogP) is 4.24. The highest BCUT2D eigenvalue weighted by Crippen LogP contribution is 2.20. The predicted molar refractivity (Wildman–Crippen MR) is 103 cm³/mol. The normalized spacial score (nSPS) is 12.0. The molecule has 0 bridgehead atoms. The smallest absolute Gasteiger partial charge is 0.338 e. The van der Waals surface area contributed by atoms with E-state index in [0.717, 1.165) is 18.8 Å². The molecule has 4 heteroatoms. The topological polar surface area (TPSA) is 41.6 Å². The second-order valence-electron chi connectivity index (χ2n) is 6.09. The average molecular weight is 340 g/mol. The zero-order valence-corrected chi connectivity index (χ0v) is 15.6. The molecule has 0 aliphatic rings. The van der Waals surface area contributed by atoms with E-state index in [9.17, 15) is 4.79 Å². The molecule has 25 heavy (non-hydrogen) atoms. The van der Waals surface area contributed by atoms with Crippen molar-refractivity contribution in [1.29, 1.82) is 0 Å². The lowest BCUT2D eigenvalue weighted by Gasteiger charge is -2.31. The number of hydrogen-bond donors (Lipinski definition) is 1. The minimum atomic E-state index is -0.291. The van der Waals surface area contributed by atoms with E-state index in [2.05, 4.69) is 50.0 Å². The summed E-state index contributed by atoms with van der Waals surface area (Å²) in [5.41, 5.74) is 4.11. The number of hydrogen-bond acceptors (Lipinski definition) is 4. The number of ether oxygens (including phenoxy) is 1. The Bertz CT molecular complexity index is 682. The molecule has 1 atom stereocenters. The number of nitrogens with one attached hydrogen (secondary N) is 1. The molecule has 0 radical (unpaired) electrons. The molecule has 0 heterocycles. The maximum absolute atomic E-state index is 12.3. The number of anilines is 1. The SMILES string of the molecule is CCN(CC)C(COC(=O)c1ccccc1)Nc1cccc(C)c1C. The van der Waals surface area contributed by atoms with Crippen molar-refractivity contribution in [2.24, 2.45) is 0 Å². The Balaban J connectivity index is 2.10. The van der Waals surface area contributed by atoms with Gasteiger partial charge in [0.15, 0.2) is 0 Å². The summed E-state index contributed by atoms with van der Waals surface area (Å²) in [4.78, 5) is 14.5. The highest BCUT2D eigenvalue weighted by molar-refractivity contribution is 5.89. The number of likely N-dealkylation sites (N-methyl/N-ethyl adjacent to an activating group) is 1. The molecule has 2 aromatic rings. The summed E-state index contributed by atoms with van der Waals surface area (Å²) in [5.74, 6) is -0.291. The zero-order valence-electron chi connectivity index (χ0n) is 15.6. The summed E-state index contributed by atoms with van der Waals surface area (Å²) < 4.78 is 5.57. The maximum Gasteiger partial charge on any atom is 0.338 e. The van der Waals surface area contributed by atoms with Gasteiger partial charge in [-0.1, -0.05) is 44.2 Å². The molecule has 0 aliphatic carbocycles. The largest absolute Gasteiger partial charge is 0.458 e. The van der Waals surface area contributed by atoms with Crippen LogP contribution in [0.5, 0.6) is 0 Å². The van der Waals surface area contributed by atoms with Gasteiger partial charge in [-0.25, -0.2) is 4.79 Å².